The Hall–Kier alpha value is -2.73. The van der Waals surface area contributed by atoms with Crippen LogP contribution in [-0.4, -0.2) is 52.8 Å². The zero-order valence-corrected chi connectivity index (χ0v) is 17.8. The Morgan fingerprint density at radius 1 is 0.966 bits per heavy atom. The number of para-hydroxylation sites is 1. The van der Waals surface area contributed by atoms with Crippen LogP contribution in [-0.2, 0) is 4.79 Å². The molecule has 0 atom stereocenters. The molecule has 3 aromatic rings. The van der Waals surface area contributed by atoms with E-state index < -0.39 is 5.41 Å². The molecule has 2 amide bonds. The summed E-state index contributed by atoms with van der Waals surface area (Å²) >= 11 is 1.61. The summed E-state index contributed by atoms with van der Waals surface area (Å²) in [5.41, 5.74) is 1.92. The van der Waals surface area contributed by atoms with Crippen LogP contribution in [0.25, 0.3) is 21.5 Å². The van der Waals surface area contributed by atoms with E-state index >= 15 is 0 Å². The summed E-state index contributed by atoms with van der Waals surface area (Å²) < 4.78 is 0. The number of benzene rings is 1. The average Bonchev–Trinajstić information content (AvgIpc) is 3.26. The van der Waals surface area contributed by atoms with Crippen molar-refractivity contribution in [3.63, 3.8) is 0 Å². The van der Waals surface area contributed by atoms with Gasteiger partial charge in [0.05, 0.1) is 21.7 Å². The number of hydrogen-bond donors (Lipinski definition) is 0. The SMILES string of the molecule is CC(C)(C)C(=O)N1CCN(C(=O)c2cc(-c3cccs3)nc3ccccc23)CC1. The van der Waals surface area contributed by atoms with E-state index in [9.17, 15) is 9.59 Å². The number of pyridine rings is 1. The molecule has 5 nitrogen and oxygen atoms in total. The number of hydrogen-bond acceptors (Lipinski definition) is 4. The first-order valence-corrected chi connectivity index (χ1v) is 10.7. The molecule has 150 valence electrons. The Kier molecular flexibility index (Phi) is 5.13. The second kappa shape index (κ2) is 7.59. The number of aromatic nitrogens is 1. The fourth-order valence-electron chi connectivity index (χ4n) is 3.66. The van der Waals surface area contributed by atoms with Crippen molar-refractivity contribution < 1.29 is 9.59 Å². The predicted octanol–water partition coefficient (Wildman–Crippen LogP) is 4.29. The highest BCUT2D eigenvalue weighted by Crippen LogP contribution is 2.29. The number of fused-ring (bicyclic) bond motifs is 1. The van der Waals surface area contributed by atoms with E-state index in [1.165, 1.54) is 0 Å². The summed E-state index contributed by atoms with van der Waals surface area (Å²) in [7, 11) is 0. The van der Waals surface area contributed by atoms with E-state index in [2.05, 4.69) is 0 Å². The van der Waals surface area contributed by atoms with E-state index in [0.29, 0.717) is 31.7 Å². The van der Waals surface area contributed by atoms with Crippen LogP contribution in [0.5, 0.6) is 0 Å². The molecule has 1 saturated heterocycles. The molecule has 4 rings (SSSR count). The fraction of sp³-hybridized carbons (Fsp3) is 0.348. The van der Waals surface area contributed by atoms with Gasteiger partial charge in [-0.2, -0.15) is 0 Å². The van der Waals surface area contributed by atoms with Gasteiger partial charge in [0.25, 0.3) is 5.91 Å². The van der Waals surface area contributed by atoms with Gasteiger partial charge in [-0.05, 0) is 23.6 Å². The van der Waals surface area contributed by atoms with Crippen LogP contribution in [0.3, 0.4) is 0 Å². The van der Waals surface area contributed by atoms with Gasteiger partial charge < -0.3 is 9.80 Å². The Morgan fingerprint density at radius 2 is 1.66 bits per heavy atom. The fourth-order valence-corrected chi connectivity index (χ4v) is 4.35. The Bertz CT molecular complexity index is 1050. The average molecular weight is 408 g/mol. The standard InChI is InChI=1S/C23H25N3O2S/c1-23(2,3)22(28)26-12-10-25(11-13-26)21(27)17-15-19(20-9-6-14-29-20)24-18-8-5-4-7-16(17)18/h4-9,14-15H,10-13H2,1-3H3. The van der Waals surface area contributed by atoms with Gasteiger partial charge in [0, 0.05) is 37.0 Å². The lowest BCUT2D eigenvalue weighted by Gasteiger charge is -2.37. The van der Waals surface area contributed by atoms with Crippen molar-refractivity contribution in [2.75, 3.05) is 26.2 Å². The highest BCUT2D eigenvalue weighted by Gasteiger charge is 2.31. The number of amides is 2. The molecule has 1 aliphatic rings. The first-order valence-electron chi connectivity index (χ1n) is 9.87. The molecule has 1 fully saturated rings. The van der Waals surface area contributed by atoms with Gasteiger partial charge in [0.2, 0.25) is 5.91 Å². The van der Waals surface area contributed by atoms with Gasteiger partial charge in [-0.15, -0.1) is 11.3 Å². The lowest BCUT2D eigenvalue weighted by molar-refractivity contribution is -0.140. The van der Waals surface area contributed by atoms with Gasteiger partial charge in [0.15, 0.2) is 0 Å². The van der Waals surface area contributed by atoms with Crippen LogP contribution in [0.2, 0.25) is 0 Å². The highest BCUT2D eigenvalue weighted by atomic mass is 32.1. The largest absolute Gasteiger partial charge is 0.339 e. The monoisotopic (exact) mass is 407 g/mol. The maximum atomic E-state index is 13.4. The first kappa shape index (κ1) is 19.6. The molecule has 2 aromatic heterocycles. The highest BCUT2D eigenvalue weighted by molar-refractivity contribution is 7.13. The van der Waals surface area contributed by atoms with E-state index in [0.717, 1.165) is 21.5 Å². The topological polar surface area (TPSA) is 53.5 Å². The molecule has 3 heterocycles. The van der Waals surface area contributed by atoms with Gasteiger partial charge in [-0.1, -0.05) is 45.0 Å². The smallest absolute Gasteiger partial charge is 0.254 e. The molecule has 0 saturated carbocycles. The summed E-state index contributed by atoms with van der Waals surface area (Å²) in [4.78, 5) is 35.5. The maximum absolute atomic E-state index is 13.4. The molecule has 6 heteroatoms. The Balaban J connectivity index is 1.62. The molecule has 0 spiro atoms. The van der Waals surface area contributed by atoms with Crippen LogP contribution in [0.1, 0.15) is 31.1 Å². The van der Waals surface area contributed by atoms with Crippen LogP contribution in [0.4, 0.5) is 0 Å². The van der Waals surface area contributed by atoms with Crippen molar-refractivity contribution >= 4 is 34.1 Å². The second-order valence-corrected chi connectivity index (χ2v) is 9.33. The van der Waals surface area contributed by atoms with Gasteiger partial charge in [-0.25, -0.2) is 4.98 Å². The summed E-state index contributed by atoms with van der Waals surface area (Å²) in [6.45, 7) is 8.04. The molecule has 0 bridgehead atoms. The van der Waals surface area contributed by atoms with Crippen LogP contribution in [0, 0.1) is 5.41 Å². The molecular formula is C23H25N3O2S. The number of rotatable bonds is 2. The Morgan fingerprint density at radius 3 is 2.31 bits per heavy atom. The lowest BCUT2D eigenvalue weighted by Crippen LogP contribution is -2.53. The van der Waals surface area contributed by atoms with Crippen molar-refractivity contribution in [3.8, 4) is 10.6 Å². The molecule has 1 aliphatic heterocycles. The number of carbonyl (C=O) groups excluding carboxylic acids is 2. The number of piperazine rings is 1. The third-order valence-electron chi connectivity index (χ3n) is 5.22. The maximum Gasteiger partial charge on any atom is 0.254 e. The second-order valence-electron chi connectivity index (χ2n) is 8.38. The van der Waals surface area contributed by atoms with Gasteiger partial charge >= 0.3 is 0 Å². The van der Waals surface area contributed by atoms with Crippen LogP contribution < -0.4 is 0 Å². The summed E-state index contributed by atoms with van der Waals surface area (Å²) in [5, 5.41) is 2.88. The van der Waals surface area contributed by atoms with Crippen molar-refractivity contribution in [1.82, 2.24) is 14.8 Å². The molecule has 0 radical (unpaired) electrons. The molecule has 1 aromatic carbocycles. The third-order valence-corrected chi connectivity index (χ3v) is 6.11. The Labute approximate surface area is 175 Å². The van der Waals surface area contributed by atoms with E-state index in [1.807, 2.05) is 78.4 Å². The minimum atomic E-state index is -0.400. The molecular weight excluding hydrogens is 382 g/mol. The summed E-state index contributed by atoms with van der Waals surface area (Å²) in [6.07, 6.45) is 0. The van der Waals surface area contributed by atoms with Crippen molar-refractivity contribution in [1.29, 1.82) is 0 Å². The summed E-state index contributed by atoms with van der Waals surface area (Å²) in [5.74, 6) is 0.142. The molecule has 0 unspecified atom stereocenters. The number of nitrogens with zero attached hydrogens (tertiary/aromatic N) is 3. The van der Waals surface area contributed by atoms with E-state index in [4.69, 9.17) is 4.98 Å². The summed E-state index contributed by atoms with van der Waals surface area (Å²) in [6, 6.07) is 13.7. The molecule has 0 aliphatic carbocycles. The van der Waals surface area contributed by atoms with Gasteiger partial charge in [0.1, 0.15) is 0 Å². The number of thiophene rings is 1. The predicted molar refractivity (Wildman–Crippen MR) is 117 cm³/mol. The lowest BCUT2D eigenvalue weighted by atomic mass is 9.94. The normalized spacial score (nSPS) is 15.0. The first-order chi connectivity index (χ1) is 13.8. The van der Waals surface area contributed by atoms with Crippen LogP contribution >= 0.6 is 11.3 Å². The van der Waals surface area contributed by atoms with Crippen molar-refractivity contribution in [2.45, 2.75) is 20.8 Å². The van der Waals surface area contributed by atoms with Crippen LogP contribution in [0.15, 0.2) is 47.8 Å². The number of carbonyl (C=O) groups is 2. The van der Waals surface area contributed by atoms with Crippen molar-refractivity contribution in [3.05, 3.63) is 53.4 Å². The minimum Gasteiger partial charge on any atom is -0.339 e. The van der Waals surface area contributed by atoms with Crippen molar-refractivity contribution in [2.24, 2.45) is 5.41 Å². The molecule has 29 heavy (non-hydrogen) atoms. The molecule has 0 N–H and O–H groups in total. The zero-order valence-electron chi connectivity index (χ0n) is 17.0. The quantitative estimate of drug-likeness (QED) is 0.637. The van der Waals surface area contributed by atoms with E-state index in [-0.39, 0.29) is 11.8 Å². The minimum absolute atomic E-state index is 0.00395. The zero-order chi connectivity index (χ0) is 20.6. The van der Waals surface area contributed by atoms with E-state index in [1.54, 1.807) is 11.3 Å². The third kappa shape index (κ3) is 3.90. The van der Waals surface area contributed by atoms with Gasteiger partial charge in [-0.3, -0.25) is 9.59 Å².